The smallest absolute Gasteiger partial charge is 0.244 e. The standard InChI is InChI=1S/C18H17NO3S/c20-15(17-12-13-4-1-2-6-16(13)22-17)9-10-19-18(21)8-7-14-5-3-11-23-14/h1-8,11-12,15,20H,9-10H2,(H,19,21)/b8-7+/t15-/m0/s1. The number of amides is 1. The summed E-state index contributed by atoms with van der Waals surface area (Å²) in [5, 5.41) is 15.8. The molecule has 1 atom stereocenters. The minimum atomic E-state index is -0.732. The zero-order valence-corrected chi connectivity index (χ0v) is 13.3. The van der Waals surface area contributed by atoms with E-state index in [9.17, 15) is 9.90 Å². The second kappa shape index (κ2) is 7.26. The first-order valence-corrected chi connectivity index (χ1v) is 8.26. The number of aliphatic hydroxyl groups excluding tert-OH is 1. The summed E-state index contributed by atoms with van der Waals surface area (Å²) >= 11 is 1.57. The van der Waals surface area contributed by atoms with Crippen LogP contribution in [0, 0.1) is 0 Å². The monoisotopic (exact) mass is 327 g/mol. The van der Waals surface area contributed by atoms with Crippen LogP contribution < -0.4 is 5.32 Å². The van der Waals surface area contributed by atoms with E-state index >= 15 is 0 Å². The molecule has 4 nitrogen and oxygen atoms in total. The Morgan fingerprint density at radius 3 is 2.96 bits per heavy atom. The average molecular weight is 327 g/mol. The van der Waals surface area contributed by atoms with Crippen molar-refractivity contribution < 1.29 is 14.3 Å². The Morgan fingerprint density at radius 2 is 2.17 bits per heavy atom. The largest absolute Gasteiger partial charge is 0.458 e. The second-order valence-electron chi connectivity index (χ2n) is 5.13. The van der Waals surface area contributed by atoms with Crippen molar-refractivity contribution in [3.8, 4) is 0 Å². The van der Waals surface area contributed by atoms with Crippen molar-refractivity contribution in [1.82, 2.24) is 5.32 Å². The van der Waals surface area contributed by atoms with Crippen LogP contribution in [0.5, 0.6) is 0 Å². The van der Waals surface area contributed by atoms with Gasteiger partial charge >= 0.3 is 0 Å². The fourth-order valence-electron chi connectivity index (χ4n) is 2.24. The zero-order chi connectivity index (χ0) is 16.1. The zero-order valence-electron chi connectivity index (χ0n) is 12.4. The summed E-state index contributed by atoms with van der Waals surface area (Å²) < 4.78 is 5.61. The molecule has 0 bridgehead atoms. The van der Waals surface area contributed by atoms with E-state index in [0.29, 0.717) is 18.7 Å². The number of rotatable bonds is 6. The number of thiophene rings is 1. The molecule has 118 valence electrons. The maximum Gasteiger partial charge on any atom is 0.244 e. The number of carbonyl (C=O) groups is 1. The summed E-state index contributed by atoms with van der Waals surface area (Å²) in [7, 11) is 0. The minimum Gasteiger partial charge on any atom is -0.458 e. The third-order valence-corrected chi connectivity index (χ3v) is 4.27. The summed E-state index contributed by atoms with van der Waals surface area (Å²) in [4.78, 5) is 12.7. The van der Waals surface area contributed by atoms with Crippen molar-refractivity contribution in [2.75, 3.05) is 6.54 Å². The summed E-state index contributed by atoms with van der Waals surface area (Å²) in [6.07, 6.45) is 2.94. The Morgan fingerprint density at radius 1 is 1.30 bits per heavy atom. The van der Waals surface area contributed by atoms with Crippen molar-refractivity contribution in [3.63, 3.8) is 0 Å². The van der Waals surface area contributed by atoms with Crippen LogP contribution in [0.4, 0.5) is 0 Å². The molecule has 2 heterocycles. The highest BCUT2D eigenvalue weighted by atomic mass is 32.1. The summed E-state index contributed by atoms with van der Waals surface area (Å²) in [5.74, 6) is 0.352. The van der Waals surface area contributed by atoms with Crippen LogP contribution in [-0.4, -0.2) is 17.6 Å². The third-order valence-electron chi connectivity index (χ3n) is 3.43. The van der Waals surface area contributed by atoms with E-state index in [1.54, 1.807) is 17.4 Å². The van der Waals surface area contributed by atoms with E-state index in [4.69, 9.17) is 4.42 Å². The van der Waals surface area contributed by atoms with Gasteiger partial charge in [0, 0.05) is 22.9 Å². The first-order chi connectivity index (χ1) is 11.2. The van der Waals surface area contributed by atoms with Gasteiger partial charge in [-0.05, 0) is 36.1 Å². The minimum absolute atomic E-state index is 0.171. The molecule has 0 spiro atoms. The van der Waals surface area contributed by atoms with Crippen molar-refractivity contribution in [2.24, 2.45) is 0 Å². The van der Waals surface area contributed by atoms with Crippen LogP contribution in [0.3, 0.4) is 0 Å². The van der Waals surface area contributed by atoms with Crippen molar-refractivity contribution in [2.45, 2.75) is 12.5 Å². The first kappa shape index (κ1) is 15.5. The fourth-order valence-corrected chi connectivity index (χ4v) is 2.86. The lowest BCUT2D eigenvalue weighted by Gasteiger charge is -2.07. The van der Waals surface area contributed by atoms with Gasteiger partial charge < -0.3 is 14.8 Å². The van der Waals surface area contributed by atoms with Crippen LogP contribution in [0.2, 0.25) is 0 Å². The molecular formula is C18H17NO3S. The molecule has 0 fully saturated rings. The van der Waals surface area contributed by atoms with Gasteiger partial charge in [0.1, 0.15) is 17.4 Å². The van der Waals surface area contributed by atoms with Gasteiger partial charge in [0.15, 0.2) is 0 Å². The van der Waals surface area contributed by atoms with E-state index < -0.39 is 6.10 Å². The number of nitrogens with one attached hydrogen (secondary N) is 1. The van der Waals surface area contributed by atoms with Crippen LogP contribution in [0.25, 0.3) is 17.0 Å². The molecule has 0 aliphatic heterocycles. The lowest BCUT2D eigenvalue weighted by molar-refractivity contribution is -0.116. The Balaban J connectivity index is 1.49. The average Bonchev–Trinajstić information content (AvgIpc) is 3.22. The molecule has 5 heteroatoms. The number of para-hydroxylation sites is 1. The summed E-state index contributed by atoms with van der Waals surface area (Å²) in [6.45, 7) is 0.381. The van der Waals surface area contributed by atoms with Gasteiger partial charge in [0.25, 0.3) is 0 Å². The molecule has 2 aromatic heterocycles. The number of aliphatic hydroxyl groups is 1. The number of fused-ring (bicyclic) bond motifs is 1. The Bertz CT molecular complexity index is 772. The van der Waals surface area contributed by atoms with Crippen molar-refractivity contribution >= 4 is 34.3 Å². The van der Waals surface area contributed by atoms with Gasteiger partial charge in [-0.2, -0.15) is 0 Å². The van der Waals surface area contributed by atoms with Gasteiger partial charge in [-0.25, -0.2) is 0 Å². The van der Waals surface area contributed by atoms with Crippen LogP contribution in [0.1, 0.15) is 23.2 Å². The molecule has 3 rings (SSSR count). The van der Waals surface area contributed by atoms with E-state index in [1.807, 2.05) is 47.8 Å². The van der Waals surface area contributed by atoms with E-state index in [1.165, 1.54) is 6.08 Å². The predicted molar refractivity (Wildman–Crippen MR) is 92.2 cm³/mol. The molecule has 0 aliphatic carbocycles. The highest BCUT2D eigenvalue weighted by Gasteiger charge is 2.13. The van der Waals surface area contributed by atoms with Crippen LogP contribution in [0.15, 0.2) is 58.3 Å². The number of furan rings is 1. The molecule has 0 saturated heterocycles. The molecule has 2 N–H and O–H groups in total. The highest BCUT2D eigenvalue weighted by Crippen LogP contribution is 2.25. The van der Waals surface area contributed by atoms with E-state index in [0.717, 1.165) is 15.8 Å². The number of hydrogen-bond acceptors (Lipinski definition) is 4. The molecule has 1 aromatic carbocycles. The Hall–Kier alpha value is -2.37. The Labute approximate surface area is 138 Å². The molecular weight excluding hydrogens is 310 g/mol. The molecule has 0 radical (unpaired) electrons. The van der Waals surface area contributed by atoms with Crippen LogP contribution in [-0.2, 0) is 4.79 Å². The normalized spacial score (nSPS) is 12.7. The maximum atomic E-state index is 11.7. The van der Waals surface area contributed by atoms with Crippen LogP contribution >= 0.6 is 11.3 Å². The predicted octanol–water partition coefficient (Wildman–Crippen LogP) is 3.75. The highest BCUT2D eigenvalue weighted by molar-refractivity contribution is 7.10. The van der Waals surface area contributed by atoms with Gasteiger partial charge in [-0.15, -0.1) is 11.3 Å². The van der Waals surface area contributed by atoms with Gasteiger partial charge in [0.05, 0.1) is 0 Å². The molecule has 0 unspecified atom stereocenters. The number of hydrogen-bond donors (Lipinski definition) is 2. The van der Waals surface area contributed by atoms with E-state index in [-0.39, 0.29) is 5.91 Å². The van der Waals surface area contributed by atoms with Gasteiger partial charge in [-0.1, -0.05) is 24.3 Å². The van der Waals surface area contributed by atoms with Gasteiger partial charge in [-0.3, -0.25) is 4.79 Å². The SMILES string of the molecule is O=C(/C=C/c1cccs1)NCC[C@H](O)c1cc2ccccc2o1. The summed E-state index contributed by atoms with van der Waals surface area (Å²) in [6, 6.07) is 13.3. The maximum absolute atomic E-state index is 11.7. The van der Waals surface area contributed by atoms with E-state index in [2.05, 4.69) is 5.32 Å². The summed E-state index contributed by atoms with van der Waals surface area (Å²) in [5.41, 5.74) is 0.754. The fraction of sp³-hybridized carbons (Fsp3) is 0.167. The lowest BCUT2D eigenvalue weighted by Crippen LogP contribution is -2.23. The number of benzene rings is 1. The topological polar surface area (TPSA) is 62.5 Å². The third kappa shape index (κ3) is 4.09. The van der Waals surface area contributed by atoms with Crippen molar-refractivity contribution in [3.05, 3.63) is 64.6 Å². The molecule has 1 amide bonds. The van der Waals surface area contributed by atoms with Gasteiger partial charge in [0.2, 0.25) is 5.91 Å². The quantitative estimate of drug-likeness (QED) is 0.678. The number of carbonyl (C=O) groups excluding carboxylic acids is 1. The first-order valence-electron chi connectivity index (χ1n) is 7.38. The Kier molecular flexibility index (Phi) is 4.90. The molecule has 0 aliphatic rings. The second-order valence-corrected chi connectivity index (χ2v) is 6.11. The molecule has 3 aromatic rings. The molecule has 0 saturated carbocycles. The lowest BCUT2D eigenvalue weighted by atomic mass is 10.2. The van der Waals surface area contributed by atoms with Crippen molar-refractivity contribution in [1.29, 1.82) is 0 Å². The molecule has 23 heavy (non-hydrogen) atoms.